The SMILES string of the molecule is CCN(CC(=O)NC1CCS(=O)(=O)C1)C(=O)C1C2CCC(C2)C1N. The molecule has 3 fully saturated rings. The molecule has 0 aromatic carbocycles. The molecule has 3 aliphatic rings. The van der Waals surface area contributed by atoms with Gasteiger partial charge in [-0.05, 0) is 44.4 Å². The highest BCUT2D eigenvalue weighted by Crippen LogP contribution is 2.48. The van der Waals surface area contributed by atoms with Gasteiger partial charge in [0.1, 0.15) is 0 Å². The van der Waals surface area contributed by atoms with Crippen LogP contribution in [0.25, 0.3) is 0 Å². The number of hydrogen-bond acceptors (Lipinski definition) is 5. The minimum absolute atomic E-state index is 0.00390. The molecule has 1 heterocycles. The van der Waals surface area contributed by atoms with E-state index in [-0.39, 0.29) is 47.9 Å². The third-order valence-electron chi connectivity index (χ3n) is 5.89. The second-order valence-electron chi connectivity index (χ2n) is 7.46. The number of carbonyl (C=O) groups is 2. The van der Waals surface area contributed by atoms with E-state index < -0.39 is 9.84 Å². The van der Waals surface area contributed by atoms with Crippen molar-refractivity contribution in [1.82, 2.24) is 10.2 Å². The quantitative estimate of drug-likeness (QED) is 0.690. The lowest BCUT2D eigenvalue weighted by Crippen LogP contribution is -2.50. The molecular formula is C16H27N3O4S. The lowest BCUT2D eigenvalue weighted by atomic mass is 9.84. The van der Waals surface area contributed by atoms with Gasteiger partial charge in [-0.2, -0.15) is 0 Å². The molecule has 0 radical (unpaired) electrons. The Morgan fingerprint density at radius 1 is 1.21 bits per heavy atom. The minimum atomic E-state index is -3.03. The first-order valence-electron chi connectivity index (χ1n) is 8.85. The third kappa shape index (κ3) is 3.44. The number of nitrogens with two attached hydrogens (primary N) is 1. The van der Waals surface area contributed by atoms with E-state index in [4.69, 9.17) is 5.73 Å². The summed E-state index contributed by atoms with van der Waals surface area (Å²) in [4.78, 5) is 26.6. The Labute approximate surface area is 143 Å². The predicted octanol–water partition coefficient (Wildman–Crippen LogP) is -0.488. The van der Waals surface area contributed by atoms with Crippen molar-refractivity contribution in [3.8, 4) is 0 Å². The van der Waals surface area contributed by atoms with Crippen molar-refractivity contribution in [2.24, 2.45) is 23.5 Å². The van der Waals surface area contributed by atoms with Crippen LogP contribution in [0, 0.1) is 17.8 Å². The summed E-state index contributed by atoms with van der Waals surface area (Å²) in [5.74, 6) is 0.443. The maximum absolute atomic E-state index is 12.8. The first kappa shape index (κ1) is 17.7. The molecule has 1 aliphatic heterocycles. The standard InChI is InChI=1S/C16H27N3O4S/c1-2-19(8-13(20)18-12-5-6-24(22,23)9-12)16(21)14-10-3-4-11(7-10)15(14)17/h10-12,14-15H,2-9,17H2,1H3,(H,18,20). The highest BCUT2D eigenvalue weighted by atomic mass is 32.2. The molecule has 2 amide bonds. The molecule has 0 aromatic heterocycles. The van der Waals surface area contributed by atoms with Gasteiger partial charge in [0.05, 0.1) is 24.0 Å². The Balaban J connectivity index is 1.56. The van der Waals surface area contributed by atoms with E-state index in [0.717, 1.165) is 19.3 Å². The van der Waals surface area contributed by atoms with Gasteiger partial charge in [0.15, 0.2) is 9.84 Å². The molecule has 3 rings (SSSR count). The van der Waals surface area contributed by atoms with Crippen LogP contribution in [0.2, 0.25) is 0 Å². The summed E-state index contributed by atoms with van der Waals surface area (Å²) >= 11 is 0. The molecule has 0 spiro atoms. The maximum Gasteiger partial charge on any atom is 0.239 e. The summed E-state index contributed by atoms with van der Waals surface area (Å²) in [6.45, 7) is 2.28. The van der Waals surface area contributed by atoms with Gasteiger partial charge < -0.3 is 16.0 Å². The van der Waals surface area contributed by atoms with Gasteiger partial charge in [0.25, 0.3) is 0 Å². The summed E-state index contributed by atoms with van der Waals surface area (Å²) < 4.78 is 22.9. The number of hydrogen-bond donors (Lipinski definition) is 2. The average Bonchev–Trinajstić information content (AvgIpc) is 3.19. The third-order valence-corrected chi connectivity index (χ3v) is 7.66. The Hall–Kier alpha value is -1.15. The van der Waals surface area contributed by atoms with E-state index in [1.165, 1.54) is 0 Å². The molecule has 7 nitrogen and oxygen atoms in total. The summed E-state index contributed by atoms with van der Waals surface area (Å²) in [5, 5.41) is 2.75. The topological polar surface area (TPSA) is 110 Å². The number of amides is 2. The summed E-state index contributed by atoms with van der Waals surface area (Å²) in [6, 6.07) is -0.422. The van der Waals surface area contributed by atoms with Crippen LogP contribution in [-0.4, -0.2) is 61.8 Å². The predicted molar refractivity (Wildman–Crippen MR) is 89.8 cm³/mol. The number of likely N-dealkylation sites (N-methyl/N-ethyl adjacent to an activating group) is 1. The first-order chi connectivity index (χ1) is 11.3. The summed E-state index contributed by atoms with van der Waals surface area (Å²) in [5.41, 5.74) is 6.24. The zero-order chi connectivity index (χ0) is 17.5. The van der Waals surface area contributed by atoms with Crippen LogP contribution < -0.4 is 11.1 Å². The van der Waals surface area contributed by atoms with Crippen LogP contribution in [0.4, 0.5) is 0 Å². The van der Waals surface area contributed by atoms with Crippen molar-refractivity contribution in [3.05, 3.63) is 0 Å². The van der Waals surface area contributed by atoms with Crippen molar-refractivity contribution in [2.75, 3.05) is 24.6 Å². The number of nitrogens with zero attached hydrogens (tertiary/aromatic N) is 1. The molecule has 5 unspecified atom stereocenters. The van der Waals surface area contributed by atoms with Gasteiger partial charge in [0, 0.05) is 18.6 Å². The van der Waals surface area contributed by atoms with Gasteiger partial charge in [-0.15, -0.1) is 0 Å². The van der Waals surface area contributed by atoms with E-state index in [9.17, 15) is 18.0 Å². The molecule has 5 atom stereocenters. The molecule has 136 valence electrons. The van der Waals surface area contributed by atoms with Crippen LogP contribution in [0.3, 0.4) is 0 Å². The van der Waals surface area contributed by atoms with Crippen molar-refractivity contribution >= 4 is 21.7 Å². The molecule has 1 saturated heterocycles. The fourth-order valence-electron chi connectivity index (χ4n) is 4.61. The van der Waals surface area contributed by atoms with Crippen molar-refractivity contribution < 1.29 is 18.0 Å². The van der Waals surface area contributed by atoms with Gasteiger partial charge >= 0.3 is 0 Å². The molecule has 8 heteroatoms. The van der Waals surface area contributed by atoms with E-state index >= 15 is 0 Å². The lowest BCUT2D eigenvalue weighted by Gasteiger charge is -2.32. The lowest BCUT2D eigenvalue weighted by molar-refractivity contribution is -0.141. The van der Waals surface area contributed by atoms with E-state index in [1.807, 2.05) is 6.92 Å². The Kier molecular flexibility index (Phi) is 4.88. The van der Waals surface area contributed by atoms with Gasteiger partial charge in [-0.1, -0.05) is 0 Å². The number of nitrogens with one attached hydrogen (secondary N) is 1. The smallest absolute Gasteiger partial charge is 0.239 e. The largest absolute Gasteiger partial charge is 0.351 e. The average molecular weight is 357 g/mol. The van der Waals surface area contributed by atoms with Crippen molar-refractivity contribution in [2.45, 2.75) is 44.7 Å². The molecule has 0 aromatic rings. The van der Waals surface area contributed by atoms with E-state index in [1.54, 1.807) is 4.90 Å². The molecule has 3 N–H and O–H groups in total. The highest BCUT2D eigenvalue weighted by molar-refractivity contribution is 7.91. The Morgan fingerprint density at radius 3 is 2.46 bits per heavy atom. The number of sulfone groups is 1. The van der Waals surface area contributed by atoms with Gasteiger partial charge in [-0.3, -0.25) is 9.59 Å². The molecule has 2 bridgehead atoms. The highest BCUT2D eigenvalue weighted by Gasteiger charge is 2.50. The first-order valence-corrected chi connectivity index (χ1v) is 10.7. The number of fused-ring (bicyclic) bond motifs is 2. The van der Waals surface area contributed by atoms with Crippen molar-refractivity contribution in [3.63, 3.8) is 0 Å². The van der Waals surface area contributed by atoms with Gasteiger partial charge in [0.2, 0.25) is 11.8 Å². The molecular weight excluding hydrogens is 330 g/mol. The Morgan fingerprint density at radius 2 is 1.92 bits per heavy atom. The summed E-state index contributed by atoms with van der Waals surface area (Å²) in [6.07, 6.45) is 3.64. The molecule has 2 aliphatic carbocycles. The zero-order valence-corrected chi connectivity index (χ0v) is 14.9. The van der Waals surface area contributed by atoms with Gasteiger partial charge in [-0.25, -0.2) is 8.42 Å². The normalized spacial score (nSPS) is 36.7. The number of carbonyl (C=O) groups excluding carboxylic acids is 2. The molecule has 24 heavy (non-hydrogen) atoms. The van der Waals surface area contributed by atoms with E-state index in [2.05, 4.69) is 5.32 Å². The van der Waals surface area contributed by atoms with Crippen LogP contribution >= 0.6 is 0 Å². The van der Waals surface area contributed by atoms with Crippen LogP contribution in [0.5, 0.6) is 0 Å². The fraction of sp³-hybridized carbons (Fsp3) is 0.875. The fourth-order valence-corrected chi connectivity index (χ4v) is 6.29. The second-order valence-corrected chi connectivity index (χ2v) is 9.68. The van der Waals surface area contributed by atoms with Crippen LogP contribution in [0.1, 0.15) is 32.6 Å². The monoisotopic (exact) mass is 357 g/mol. The zero-order valence-electron chi connectivity index (χ0n) is 14.1. The van der Waals surface area contributed by atoms with Crippen LogP contribution in [-0.2, 0) is 19.4 Å². The van der Waals surface area contributed by atoms with E-state index in [0.29, 0.717) is 24.8 Å². The minimum Gasteiger partial charge on any atom is -0.351 e. The number of rotatable bonds is 5. The Bertz CT molecular complexity index is 619. The molecule has 2 saturated carbocycles. The summed E-state index contributed by atoms with van der Waals surface area (Å²) in [7, 11) is -3.03. The second kappa shape index (κ2) is 6.63. The van der Waals surface area contributed by atoms with Crippen molar-refractivity contribution in [1.29, 1.82) is 0 Å². The maximum atomic E-state index is 12.8. The van der Waals surface area contributed by atoms with Crippen LogP contribution in [0.15, 0.2) is 0 Å².